The molecule has 0 bridgehead atoms. The zero-order valence-corrected chi connectivity index (χ0v) is 11.1. The van der Waals surface area contributed by atoms with Crippen molar-refractivity contribution in [1.29, 1.82) is 0 Å². The van der Waals surface area contributed by atoms with Gasteiger partial charge in [-0.05, 0) is 37.6 Å². The van der Waals surface area contributed by atoms with Crippen molar-refractivity contribution in [3.05, 3.63) is 52.0 Å². The largest absolute Gasteiger partial charge is 0.323 e. The molecule has 0 saturated heterocycles. The van der Waals surface area contributed by atoms with E-state index >= 15 is 0 Å². The molecule has 0 aliphatic carbocycles. The van der Waals surface area contributed by atoms with Gasteiger partial charge < -0.3 is 5.32 Å². The zero-order valence-electron chi connectivity index (χ0n) is 10.3. The Labute approximate surface area is 110 Å². The molecule has 92 valence electrons. The van der Waals surface area contributed by atoms with E-state index in [1.807, 2.05) is 43.5 Å². The summed E-state index contributed by atoms with van der Waals surface area (Å²) in [5.74, 6) is -0.147. The Kier molecular flexibility index (Phi) is 3.89. The third-order valence-corrected chi connectivity index (χ3v) is 3.12. The summed E-state index contributed by atoms with van der Waals surface area (Å²) in [6, 6.07) is 7.70. The molecular formula is C14H14N2OS. The Bertz CT molecular complexity index is 587. The first-order chi connectivity index (χ1) is 8.63. The molecule has 1 aromatic carbocycles. The Morgan fingerprint density at radius 1 is 1.39 bits per heavy atom. The van der Waals surface area contributed by atoms with Crippen molar-refractivity contribution >= 4 is 29.0 Å². The van der Waals surface area contributed by atoms with Crippen molar-refractivity contribution in [2.45, 2.75) is 13.8 Å². The number of thiazole rings is 1. The molecule has 0 aliphatic rings. The van der Waals surface area contributed by atoms with E-state index in [1.165, 1.54) is 6.08 Å². The number of nitrogens with zero attached hydrogens (tertiary/aromatic N) is 1. The number of hydrogen-bond acceptors (Lipinski definition) is 3. The van der Waals surface area contributed by atoms with Crippen LogP contribution in [0.2, 0.25) is 0 Å². The maximum atomic E-state index is 11.7. The lowest BCUT2D eigenvalue weighted by atomic mass is 10.2. The van der Waals surface area contributed by atoms with Gasteiger partial charge in [0, 0.05) is 17.1 Å². The molecule has 1 N–H and O–H groups in total. The van der Waals surface area contributed by atoms with Crippen LogP contribution in [0.15, 0.2) is 35.7 Å². The topological polar surface area (TPSA) is 42.0 Å². The summed E-state index contributed by atoms with van der Waals surface area (Å²) in [5.41, 5.74) is 2.74. The Morgan fingerprint density at radius 2 is 2.22 bits per heavy atom. The lowest BCUT2D eigenvalue weighted by Crippen LogP contribution is -2.07. The summed E-state index contributed by atoms with van der Waals surface area (Å²) in [6.07, 6.45) is 3.21. The smallest absolute Gasteiger partial charge is 0.248 e. The van der Waals surface area contributed by atoms with Crippen LogP contribution in [-0.2, 0) is 4.79 Å². The summed E-state index contributed by atoms with van der Waals surface area (Å²) in [7, 11) is 0. The minimum Gasteiger partial charge on any atom is -0.323 e. The molecule has 2 rings (SSSR count). The lowest BCUT2D eigenvalue weighted by molar-refractivity contribution is -0.111. The standard InChI is InChI=1S/C14H14N2OS/c1-10-4-3-5-12(8-10)16-14(17)7-6-13-9-18-11(2)15-13/h3-9H,1-2H3,(H,16,17)/b7-6+. The van der Waals surface area contributed by atoms with Crippen molar-refractivity contribution < 1.29 is 4.79 Å². The molecular weight excluding hydrogens is 244 g/mol. The van der Waals surface area contributed by atoms with Crippen LogP contribution in [-0.4, -0.2) is 10.9 Å². The van der Waals surface area contributed by atoms with Crippen molar-refractivity contribution in [2.75, 3.05) is 5.32 Å². The van der Waals surface area contributed by atoms with Crippen LogP contribution in [0.25, 0.3) is 6.08 Å². The van der Waals surface area contributed by atoms with Gasteiger partial charge in [-0.1, -0.05) is 12.1 Å². The van der Waals surface area contributed by atoms with E-state index in [1.54, 1.807) is 17.4 Å². The maximum absolute atomic E-state index is 11.7. The predicted octanol–water partition coefficient (Wildman–Crippen LogP) is 3.41. The van der Waals surface area contributed by atoms with Crippen molar-refractivity contribution in [2.24, 2.45) is 0 Å². The number of rotatable bonds is 3. The van der Waals surface area contributed by atoms with Gasteiger partial charge in [0.2, 0.25) is 5.91 Å². The molecule has 0 aliphatic heterocycles. The maximum Gasteiger partial charge on any atom is 0.248 e. The van der Waals surface area contributed by atoms with Gasteiger partial charge in [0.25, 0.3) is 0 Å². The molecule has 1 heterocycles. The highest BCUT2D eigenvalue weighted by Crippen LogP contribution is 2.11. The van der Waals surface area contributed by atoms with E-state index in [-0.39, 0.29) is 5.91 Å². The Morgan fingerprint density at radius 3 is 2.89 bits per heavy atom. The molecule has 0 unspecified atom stereocenters. The zero-order chi connectivity index (χ0) is 13.0. The van der Waals surface area contributed by atoms with Crippen molar-refractivity contribution in [3.63, 3.8) is 0 Å². The summed E-state index contributed by atoms with van der Waals surface area (Å²) >= 11 is 1.57. The number of carbonyl (C=O) groups excluding carboxylic acids is 1. The number of nitrogens with one attached hydrogen (secondary N) is 1. The quantitative estimate of drug-likeness (QED) is 0.857. The number of hydrogen-bond donors (Lipinski definition) is 1. The van der Waals surface area contributed by atoms with Gasteiger partial charge in [0.1, 0.15) is 0 Å². The van der Waals surface area contributed by atoms with Crippen LogP contribution in [0.5, 0.6) is 0 Å². The number of amides is 1. The second kappa shape index (κ2) is 5.60. The fourth-order valence-electron chi connectivity index (χ4n) is 1.52. The van der Waals surface area contributed by atoms with Gasteiger partial charge in [-0.2, -0.15) is 0 Å². The van der Waals surface area contributed by atoms with E-state index in [0.29, 0.717) is 0 Å². The number of anilines is 1. The predicted molar refractivity (Wildman–Crippen MR) is 75.7 cm³/mol. The van der Waals surface area contributed by atoms with E-state index in [4.69, 9.17) is 0 Å². The van der Waals surface area contributed by atoms with E-state index in [9.17, 15) is 4.79 Å². The van der Waals surface area contributed by atoms with E-state index in [0.717, 1.165) is 22.0 Å². The van der Waals surface area contributed by atoms with Gasteiger partial charge in [0.05, 0.1) is 10.7 Å². The Hall–Kier alpha value is -1.94. The summed E-state index contributed by atoms with van der Waals surface area (Å²) in [4.78, 5) is 15.9. The highest BCUT2D eigenvalue weighted by molar-refractivity contribution is 7.09. The molecule has 0 spiro atoms. The molecule has 18 heavy (non-hydrogen) atoms. The van der Waals surface area contributed by atoms with Gasteiger partial charge in [0.15, 0.2) is 0 Å². The van der Waals surface area contributed by atoms with Crippen LogP contribution in [0.1, 0.15) is 16.3 Å². The fourth-order valence-corrected chi connectivity index (χ4v) is 2.11. The molecule has 0 atom stereocenters. The fraction of sp³-hybridized carbons (Fsp3) is 0.143. The summed E-state index contributed by atoms with van der Waals surface area (Å²) < 4.78 is 0. The van der Waals surface area contributed by atoms with Crippen molar-refractivity contribution in [3.8, 4) is 0 Å². The molecule has 4 heteroatoms. The second-order valence-corrected chi connectivity index (χ2v) is 5.05. The lowest BCUT2D eigenvalue weighted by Gasteiger charge is -2.02. The number of benzene rings is 1. The second-order valence-electron chi connectivity index (χ2n) is 3.98. The monoisotopic (exact) mass is 258 g/mol. The average molecular weight is 258 g/mol. The van der Waals surface area contributed by atoms with Gasteiger partial charge in [-0.25, -0.2) is 4.98 Å². The minimum absolute atomic E-state index is 0.147. The number of aryl methyl sites for hydroxylation is 2. The van der Waals surface area contributed by atoms with Crippen LogP contribution in [0, 0.1) is 13.8 Å². The van der Waals surface area contributed by atoms with Crippen LogP contribution >= 0.6 is 11.3 Å². The Balaban J connectivity index is 1.98. The van der Waals surface area contributed by atoms with Crippen LogP contribution in [0.4, 0.5) is 5.69 Å². The van der Waals surface area contributed by atoms with Crippen molar-refractivity contribution in [1.82, 2.24) is 4.98 Å². The third-order valence-electron chi connectivity index (χ3n) is 2.33. The molecule has 1 aromatic heterocycles. The third kappa shape index (κ3) is 3.53. The van der Waals surface area contributed by atoms with Gasteiger partial charge >= 0.3 is 0 Å². The number of carbonyl (C=O) groups is 1. The van der Waals surface area contributed by atoms with Gasteiger partial charge in [-0.15, -0.1) is 11.3 Å². The summed E-state index contributed by atoms with van der Waals surface area (Å²) in [5, 5.41) is 5.73. The molecule has 0 fully saturated rings. The molecule has 1 amide bonds. The molecule has 3 nitrogen and oxygen atoms in total. The van der Waals surface area contributed by atoms with Gasteiger partial charge in [-0.3, -0.25) is 4.79 Å². The molecule has 2 aromatic rings. The molecule has 0 saturated carbocycles. The van der Waals surface area contributed by atoms with Crippen LogP contribution in [0.3, 0.4) is 0 Å². The van der Waals surface area contributed by atoms with Crippen LogP contribution < -0.4 is 5.32 Å². The van der Waals surface area contributed by atoms with E-state index in [2.05, 4.69) is 10.3 Å². The highest BCUT2D eigenvalue weighted by atomic mass is 32.1. The summed E-state index contributed by atoms with van der Waals surface area (Å²) in [6.45, 7) is 3.93. The first-order valence-electron chi connectivity index (χ1n) is 5.61. The number of aromatic nitrogens is 1. The van der Waals surface area contributed by atoms with E-state index < -0.39 is 0 Å². The first-order valence-corrected chi connectivity index (χ1v) is 6.49. The molecule has 0 radical (unpaired) electrons. The normalized spacial score (nSPS) is 10.8. The highest BCUT2D eigenvalue weighted by Gasteiger charge is 1.99. The minimum atomic E-state index is -0.147. The SMILES string of the molecule is Cc1cccc(NC(=O)/C=C/c2csc(C)n2)c1. The average Bonchev–Trinajstić information content (AvgIpc) is 2.73. The first kappa shape index (κ1) is 12.5.